The van der Waals surface area contributed by atoms with Gasteiger partial charge in [0.15, 0.2) is 0 Å². The van der Waals surface area contributed by atoms with Gasteiger partial charge in [0.25, 0.3) is 5.91 Å². The van der Waals surface area contributed by atoms with Gasteiger partial charge in [0, 0.05) is 24.3 Å². The number of hydrogen-bond donors (Lipinski definition) is 1. The van der Waals surface area contributed by atoms with E-state index < -0.39 is 17.7 Å². The molecule has 0 saturated carbocycles. The lowest BCUT2D eigenvalue weighted by Gasteiger charge is -2.33. The Morgan fingerprint density at radius 3 is 2.37 bits per heavy atom. The third-order valence-electron chi connectivity index (χ3n) is 7.01. The molecule has 0 bridgehead atoms. The molecule has 0 aliphatic carbocycles. The van der Waals surface area contributed by atoms with E-state index in [4.69, 9.17) is 9.47 Å². The Hall–Kier alpha value is -4.60. The number of alkyl carbamates (subject to hydrolysis) is 1. The molecule has 0 spiro atoms. The number of fused-ring (bicyclic) bond motifs is 1. The van der Waals surface area contributed by atoms with Crippen molar-refractivity contribution in [2.45, 2.75) is 65.6 Å². The summed E-state index contributed by atoms with van der Waals surface area (Å²) < 4.78 is 13.8. The number of ether oxygens (including phenoxy) is 2. The highest BCUT2D eigenvalue weighted by Gasteiger charge is 2.28. The number of aromatic nitrogens is 3. The fourth-order valence-electron chi connectivity index (χ4n) is 5.07. The predicted octanol–water partition coefficient (Wildman–Crippen LogP) is 5.37. The van der Waals surface area contributed by atoms with E-state index in [1.54, 1.807) is 40.8 Å². The van der Waals surface area contributed by atoms with E-state index in [2.05, 4.69) is 10.4 Å². The molecule has 1 N–H and O–H groups in total. The van der Waals surface area contributed by atoms with Crippen molar-refractivity contribution in [3.8, 4) is 5.75 Å². The van der Waals surface area contributed by atoms with Crippen molar-refractivity contribution in [1.82, 2.24) is 24.4 Å². The number of amides is 2. The standard InChI is InChI=1S/C33H41N5O5/c1-7-28(29-21-26-20-23(2)35-38(26)32(41)37(29)22-24-12-9-8-10-13-24)36(19-11-18-34-31(40)43-33(3,4)5)30(39)25-14-16-27(42-6)17-15-25/h8-10,12-17,20-21,28H,7,11,18-19,22H2,1-6H3,(H,34,40). The van der Waals surface area contributed by atoms with Crippen LogP contribution < -0.4 is 15.7 Å². The van der Waals surface area contributed by atoms with Gasteiger partial charge >= 0.3 is 11.8 Å². The lowest BCUT2D eigenvalue weighted by atomic mass is 10.0. The summed E-state index contributed by atoms with van der Waals surface area (Å²) in [5.41, 5.74) is 2.69. The van der Waals surface area contributed by atoms with Crippen LogP contribution in [0.15, 0.2) is 71.5 Å². The maximum absolute atomic E-state index is 14.1. The van der Waals surface area contributed by atoms with E-state index in [0.29, 0.717) is 55.0 Å². The second kappa shape index (κ2) is 13.6. The molecule has 4 rings (SSSR count). The Balaban J connectivity index is 1.73. The quantitative estimate of drug-likeness (QED) is 0.237. The Kier molecular flexibility index (Phi) is 9.90. The molecular weight excluding hydrogens is 546 g/mol. The van der Waals surface area contributed by atoms with E-state index in [9.17, 15) is 14.4 Å². The van der Waals surface area contributed by atoms with Gasteiger partial charge in [0.05, 0.1) is 30.9 Å². The number of aryl methyl sites for hydroxylation is 1. The van der Waals surface area contributed by atoms with Crippen LogP contribution in [0.3, 0.4) is 0 Å². The first kappa shape index (κ1) is 31.3. The first-order chi connectivity index (χ1) is 20.5. The Labute approximate surface area is 252 Å². The van der Waals surface area contributed by atoms with Crippen LogP contribution in [0.4, 0.5) is 4.79 Å². The van der Waals surface area contributed by atoms with Crippen molar-refractivity contribution >= 4 is 17.5 Å². The fourth-order valence-corrected chi connectivity index (χ4v) is 5.07. The highest BCUT2D eigenvalue weighted by atomic mass is 16.6. The van der Waals surface area contributed by atoms with Crippen molar-refractivity contribution in [2.75, 3.05) is 20.2 Å². The summed E-state index contributed by atoms with van der Waals surface area (Å²) in [6, 6.07) is 20.1. The highest BCUT2D eigenvalue weighted by molar-refractivity contribution is 5.94. The maximum atomic E-state index is 14.1. The zero-order valence-electron chi connectivity index (χ0n) is 25.8. The lowest BCUT2D eigenvalue weighted by molar-refractivity contribution is 0.0523. The summed E-state index contributed by atoms with van der Waals surface area (Å²) in [7, 11) is 1.58. The molecule has 43 heavy (non-hydrogen) atoms. The Morgan fingerprint density at radius 2 is 1.74 bits per heavy atom. The summed E-state index contributed by atoms with van der Waals surface area (Å²) in [5, 5.41) is 7.21. The van der Waals surface area contributed by atoms with Gasteiger partial charge in [-0.05, 0) is 82.5 Å². The summed E-state index contributed by atoms with van der Waals surface area (Å²) in [6.07, 6.45) is 0.527. The third kappa shape index (κ3) is 7.82. The predicted molar refractivity (Wildman–Crippen MR) is 166 cm³/mol. The van der Waals surface area contributed by atoms with Crippen molar-refractivity contribution < 1.29 is 19.1 Å². The number of methoxy groups -OCH3 is 1. The van der Waals surface area contributed by atoms with E-state index in [-0.39, 0.29) is 11.6 Å². The molecule has 10 nitrogen and oxygen atoms in total. The van der Waals surface area contributed by atoms with Crippen LogP contribution in [-0.2, 0) is 11.3 Å². The molecule has 0 aliphatic rings. The SMILES string of the molecule is CCC(c1cc2cc(C)nn2c(=O)n1Cc1ccccc1)N(CCCNC(=O)OC(C)(C)C)C(=O)c1ccc(OC)cc1. The van der Waals surface area contributed by atoms with Gasteiger partial charge in [-0.25, -0.2) is 9.59 Å². The summed E-state index contributed by atoms with van der Waals surface area (Å²) >= 11 is 0. The van der Waals surface area contributed by atoms with Gasteiger partial charge in [-0.15, -0.1) is 0 Å². The van der Waals surface area contributed by atoms with Crippen molar-refractivity contribution in [3.05, 3.63) is 99.7 Å². The Bertz CT molecular complexity index is 1600. The molecule has 10 heteroatoms. The van der Waals surface area contributed by atoms with Crippen LogP contribution in [0.1, 0.15) is 73.9 Å². The molecule has 0 fully saturated rings. The number of carbonyl (C=O) groups excluding carboxylic acids is 2. The number of rotatable bonds is 11. The first-order valence-electron chi connectivity index (χ1n) is 14.6. The van der Waals surface area contributed by atoms with Gasteiger partial charge in [0.1, 0.15) is 11.4 Å². The maximum Gasteiger partial charge on any atom is 0.407 e. The van der Waals surface area contributed by atoms with Crippen LogP contribution in [-0.4, -0.2) is 56.9 Å². The van der Waals surface area contributed by atoms with Crippen LogP contribution in [0.5, 0.6) is 5.75 Å². The normalized spacial score (nSPS) is 12.1. The zero-order chi connectivity index (χ0) is 31.1. The molecule has 0 radical (unpaired) electrons. The molecule has 2 aromatic carbocycles. The lowest BCUT2D eigenvalue weighted by Crippen LogP contribution is -2.41. The smallest absolute Gasteiger partial charge is 0.407 e. The molecular formula is C33H41N5O5. The number of carbonyl (C=O) groups is 2. The molecule has 4 aromatic rings. The molecule has 2 heterocycles. The molecule has 0 saturated heterocycles. The Morgan fingerprint density at radius 1 is 1.05 bits per heavy atom. The van der Waals surface area contributed by atoms with Gasteiger partial charge in [0.2, 0.25) is 0 Å². The number of nitrogens with zero attached hydrogens (tertiary/aromatic N) is 4. The summed E-state index contributed by atoms with van der Waals surface area (Å²) in [6.45, 7) is 10.2. The molecule has 1 atom stereocenters. The zero-order valence-corrected chi connectivity index (χ0v) is 25.8. The number of hydrogen-bond acceptors (Lipinski definition) is 6. The molecule has 0 aliphatic heterocycles. The minimum Gasteiger partial charge on any atom is -0.497 e. The largest absolute Gasteiger partial charge is 0.497 e. The molecule has 2 amide bonds. The van der Waals surface area contributed by atoms with Crippen molar-refractivity contribution in [1.29, 1.82) is 0 Å². The monoisotopic (exact) mass is 587 g/mol. The van der Waals surface area contributed by atoms with Crippen molar-refractivity contribution in [3.63, 3.8) is 0 Å². The topological polar surface area (TPSA) is 107 Å². The van der Waals surface area contributed by atoms with E-state index in [1.807, 2.05) is 77.1 Å². The fraction of sp³-hybridized carbons (Fsp3) is 0.394. The summed E-state index contributed by atoms with van der Waals surface area (Å²) in [4.78, 5) is 42.0. The minimum absolute atomic E-state index is 0.185. The first-order valence-corrected chi connectivity index (χ1v) is 14.6. The summed E-state index contributed by atoms with van der Waals surface area (Å²) in [5.74, 6) is 0.463. The second-order valence-electron chi connectivity index (χ2n) is 11.5. The van der Waals surface area contributed by atoms with Crippen LogP contribution >= 0.6 is 0 Å². The van der Waals surface area contributed by atoms with E-state index in [0.717, 1.165) is 11.3 Å². The highest BCUT2D eigenvalue weighted by Crippen LogP contribution is 2.28. The molecule has 228 valence electrons. The van der Waals surface area contributed by atoms with Gasteiger partial charge in [-0.1, -0.05) is 37.3 Å². The second-order valence-corrected chi connectivity index (χ2v) is 11.5. The molecule has 1 unspecified atom stereocenters. The number of nitrogens with one attached hydrogen (secondary N) is 1. The van der Waals surface area contributed by atoms with Crippen LogP contribution in [0, 0.1) is 6.92 Å². The van der Waals surface area contributed by atoms with Gasteiger partial charge < -0.3 is 19.7 Å². The average molecular weight is 588 g/mol. The van der Waals surface area contributed by atoms with E-state index in [1.165, 1.54) is 4.52 Å². The average Bonchev–Trinajstić information content (AvgIpc) is 3.36. The molecule has 2 aromatic heterocycles. The van der Waals surface area contributed by atoms with Gasteiger partial charge in [-0.2, -0.15) is 9.61 Å². The van der Waals surface area contributed by atoms with Crippen molar-refractivity contribution in [2.24, 2.45) is 0 Å². The van der Waals surface area contributed by atoms with Crippen LogP contribution in [0.2, 0.25) is 0 Å². The number of benzene rings is 2. The van der Waals surface area contributed by atoms with E-state index >= 15 is 0 Å². The third-order valence-corrected chi connectivity index (χ3v) is 7.01. The minimum atomic E-state index is -0.610. The van der Waals surface area contributed by atoms with Gasteiger partial charge in [-0.3, -0.25) is 9.36 Å². The van der Waals surface area contributed by atoms with Crippen LogP contribution in [0.25, 0.3) is 5.52 Å².